The van der Waals surface area contributed by atoms with Crippen molar-refractivity contribution in [1.82, 2.24) is 5.32 Å². The summed E-state index contributed by atoms with van der Waals surface area (Å²) in [6, 6.07) is 8.24. The molecule has 8 nitrogen and oxygen atoms in total. The molecule has 25 heavy (non-hydrogen) atoms. The predicted octanol–water partition coefficient (Wildman–Crippen LogP) is 1.74. The van der Waals surface area contributed by atoms with Gasteiger partial charge in [0, 0.05) is 18.9 Å². The van der Waals surface area contributed by atoms with Gasteiger partial charge < -0.3 is 29.3 Å². The summed E-state index contributed by atoms with van der Waals surface area (Å²) in [6.07, 6.45) is 1.03. The Hall–Kier alpha value is -3.00. The van der Waals surface area contributed by atoms with Crippen molar-refractivity contribution in [1.29, 1.82) is 0 Å². The van der Waals surface area contributed by atoms with Gasteiger partial charge in [0.25, 0.3) is 0 Å². The van der Waals surface area contributed by atoms with Crippen LogP contribution >= 0.6 is 0 Å². The van der Waals surface area contributed by atoms with Crippen LogP contribution in [0.1, 0.15) is 11.9 Å². The number of hydrogen-bond donors (Lipinski definition) is 2. The zero-order valence-electron chi connectivity index (χ0n) is 14.2. The van der Waals surface area contributed by atoms with Crippen molar-refractivity contribution in [3.63, 3.8) is 0 Å². The topological polar surface area (TPSA) is 99.0 Å². The first-order valence-electron chi connectivity index (χ1n) is 7.46. The van der Waals surface area contributed by atoms with E-state index in [0.29, 0.717) is 22.9 Å². The summed E-state index contributed by atoms with van der Waals surface area (Å²) >= 11 is 0. The quantitative estimate of drug-likeness (QED) is 0.740. The van der Waals surface area contributed by atoms with Crippen molar-refractivity contribution in [3.05, 3.63) is 42.4 Å². The Morgan fingerprint density at radius 3 is 2.44 bits per heavy atom. The molecular weight excluding hydrogens is 328 g/mol. The number of carbonyl (C=O) groups is 2. The Balaban J connectivity index is 1.93. The van der Waals surface area contributed by atoms with Crippen LogP contribution < -0.4 is 20.1 Å². The average molecular weight is 348 g/mol. The minimum Gasteiger partial charge on any atom is -0.493 e. The maximum atomic E-state index is 12.0. The number of methoxy groups -OCH3 is 3. The highest BCUT2D eigenvalue weighted by Crippen LogP contribution is 2.29. The Bertz CT molecular complexity index is 714. The van der Waals surface area contributed by atoms with Crippen LogP contribution in [-0.4, -0.2) is 39.7 Å². The van der Waals surface area contributed by atoms with Crippen LogP contribution in [0.2, 0.25) is 0 Å². The third kappa shape index (κ3) is 4.74. The zero-order valence-corrected chi connectivity index (χ0v) is 14.2. The number of rotatable bonds is 7. The summed E-state index contributed by atoms with van der Waals surface area (Å²) in [5.74, 6) is -0.0719. The second-order valence-corrected chi connectivity index (χ2v) is 4.97. The monoisotopic (exact) mass is 348 g/mol. The summed E-state index contributed by atoms with van der Waals surface area (Å²) in [5.41, 5.74) is 0.409. The van der Waals surface area contributed by atoms with E-state index in [1.165, 1.54) is 27.6 Å². The van der Waals surface area contributed by atoms with E-state index < -0.39 is 17.9 Å². The van der Waals surface area contributed by atoms with Crippen LogP contribution in [-0.2, 0) is 14.3 Å². The Morgan fingerprint density at radius 2 is 1.84 bits per heavy atom. The van der Waals surface area contributed by atoms with E-state index in [0.717, 1.165) is 0 Å². The molecule has 0 spiro atoms. The molecule has 2 aromatic rings. The van der Waals surface area contributed by atoms with Crippen molar-refractivity contribution < 1.29 is 28.2 Å². The number of anilines is 1. The lowest BCUT2D eigenvalue weighted by Gasteiger charge is -2.14. The lowest BCUT2D eigenvalue weighted by molar-refractivity contribution is -0.136. The van der Waals surface area contributed by atoms with Gasteiger partial charge in [-0.2, -0.15) is 0 Å². The van der Waals surface area contributed by atoms with Crippen LogP contribution in [0.3, 0.4) is 0 Å². The van der Waals surface area contributed by atoms with Crippen LogP contribution in [0.5, 0.6) is 11.5 Å². The normalized spacial score (nSPS) is 11.5. The number of benzene rings is 1. The molecule has 1 heterocycles. The lowest BCUT2D eigenvalue weighted by atomic mass is 10.2. The largest absolute Gasteiger partial charge is 0.493 e. The van der Waals surface area contributed by atoms with E-state index in [9.17, 15) is 9.59 Å². The molecule has 1 aromatic heterocycles. The number of nitrogens with one attached hydrogen (secondary N) is 2. The third-order valence-electron chi connectivity index (χ3n) is 3.44. The molecule has 2 N–H and O–H groups in total. The number of ether oxygens (including phenoxy) is 3. The number of carbonyl (C=O) groups excluding carboxylic acids is 2. The highest BCUT2D eigenvalue weighted by molar-refractivity contribution is 6.39. The lowest BCUT2D eigenvalue weighted by Crippen LogP contribution is -2.37. The summed E-state index contributed by atoms with van der Waals surface area (Å²) < 4.78 is 20.7. The highest BCUT2D eigenvalue weighted by Gasteiger charge is 2.19. The van der Waals surface area contributed by atoms with Gasteiger partial charge in [-0.15, -0.1) is 0 Å². The fourth-order valence-corrected chi connectivity index (χ4v) is 2.14. The van der Waals surface area contributed by atoms with Crippen LogP contribution in [0, 0.1) is 0 Å². The molecule has 0 aliphatic carbocycles. The Kier molecular flexibility index (Phi) is 6.41. The second-order valence-electron chi connectivity index (χ2n) is 4.97. The molecule has 0 saturated heterocycles. The maximum absolute atomic E-state index is 12.0. The fraction of sp³-hybridized carbons (Fsp3) is 0.294. The SMILES string of the molecule is COc1ccc(NC(=O)C(=O)NCC(OC)c2ccco2)cc1OC. The first-order valence-corrected chi connectivity index (χ1v) is 7.46. The van der Waals surface area contributed by atoms with Crippen LogP contribution in [0.15, 0.2) is 41.0 Å². The van der Waals surface area contributed by atoms with E-state index in [1.807, 2.05) is 0 Å². The van der Waals surface area contributed by atoms with E-state index in [-0.39, 0.29) is 6.54 Å². The van der Waals surface area contributed by atoms with E-state index in [4.69, 9.17) is 18.6 Å². The second kappa shape index (κ2) is 8.74. The average Bonchev–Trinajstić information content (AvgIpc) is 3.16. The number of hydrogen-bond acceptors (Lipinski definition) is 6. The Labute approximate surface area is 145 Å². The molecule has 0 fully saturated rings. The maximum Gasteiger partial charge on any atom is 0.313 e. The molecule has 0 radical (unpaired) electrons. The van der Waals surface area contributed by atoms with Crippen molar-refractivity contribution in [2.45, 2.75) is 6.10 Å². The standard InChI is InChI=1S/C17H20N2O6/c1-22-12-7-6-11(9-14(12)23-2)19-17(21)16(20)18-10-15(24-3)13-5-4-8-25-13/h4-9,15H,10H2,1-3H3,(H,18,20)(H,19,21). The smallest absolute Gasteiger partial charge is 0.313 e. The first kappa shape index (κ1) is 18.3. The van der Waals surface area contributed by atoms with Gasteiger partial charge in [0.05, 0.1) is 27.0 Å². The van der Waals surface area contributed by atoms with Gasteiger partial charge in [-0.25, -0.2) is 0 Å². The van der Waals surface area contributed by atoms with E-state index in [1.54, 1.807) is 30.3 Å². The molecule has 1 aromatic carbocycles. The molecule has 2 rings (SSSR count). The molecule has 134 valence electrons. The number of amides is 2. The van der Waals surface area contributed by atoms with Gasteiger partial charge in [0.15, 0.2) is 11.5 Å². The molecule has 0 bridgehead atoms. The molecule has 8 heteroatoms. The van der Waals surface area contributed by atoms with Gasteiger partial charge in [0.1, 0.15) is 11.9 Å². The molecular formula is C17H20N2O6. The number of furan rings is 1. The zero-order chi connectivity index (χ0) is 18.2. The molecule has 1 atom stereocenters. The van der Waals surface area contributed by atoms with E-state index in [2.05, 4.69) is 10.6 Å². The van der Waals surface area contributed by atoms with Crippen LogP contribution in [0.4, 0.5) is 5.69 Å². The summed E-state index contributed by atoms with van der Waals surface area (Å²) in [6.45, 7) is 0.0994. The summed E-state index contributed by atoms with van der Waals surface area (Å²) in [5, 5.41) is 4.99. The van der Waals surface area contributed by atoms with Gasteiger partial charge in [0.2, 0.25) is 0 Å². The summed E-state index contributed by atoms with van der Waals surface area (Å²) in [7, 11) is 4.48. The highest BCUT2D eigenvalue weighted by atomic mass is 16.5. The minimum atomic E-state index is -0.804. The van der Waals surface area contributed by atoms with Crippen molar-refractivity contribution in [3.8, 4) is 11.5 Å². The van der Waals surface area contributed by atoms with E-state index >= 15 is 0 Å². The molecule has 0 saturated carbocycles. The third-order valence-corrected chi connectivity index (χ3v) is 3.44. The van der Waals surface area contributed by atoms with Gasteiger partial charge in [-0.05, 0) is 24.3 Å². The molecule has 2 amide bonds. The predicted molar refractivity (Wildman–Crippen MR) is 89.6 cm³/mol. The van der Waals surface area contributed by atoms with Gasteiger partial charge in [-0.1, -0.05) is 0 Å². The molecule has 1 unspecified atom stereocenters. The summed E-state index contributed by atoms with van der Waals surface area (Å²) in [4.78, 5) is 23.9. The first-order chi connectivity index (χ1) is 12.1. The van der Waals surface area contributed by atoms with Crippen LogP contribution in [0.25, 0.3) is 0 Å². The van der Waals surface area contributed by atoms with Crippen molar-refractivity contribution >= 4 is 17.5 Å². The Morgan fingerprint density at radius 1 is 1.08 bits per heavy atom. The molecule has 0 aliphatic heterocycles. The molecule has 0 aliphatic rings. The van der Waals surface area contributed by atoms with Crippen molar-refractivity contribution in [2.24, 2.45) is 0 Å². The fourth-order valence-electron chi connectivity index (χ4n) is 2.14. The van der Waals surface area contributed by atoms with Gasteiger partial charge in [-0.3, -0.25) is 9.59 Å². The van der Waals surface area contributed by atoms with Gasteiger partial charge >= 0.3 is 11.8 Å². The minimum absolute atomic E-state index is 0.0994. The van der Waals surface area contributed by atoms with Crippen molar-refractivity contribution in [2.75, 3.05) is 33.2 Å².